The third-order valence-electron chi connectivity index (χ3n) is 1.93. The SMILES string of the molecule is Clc1csc(CNc2ccc(I)cc2)c1. The molecule has 4 heteroatoms. The predicted molar refractivity (Wildman–Crippen MR) is 75.8 cm³/mol. The maximum absolute atomic E-state index is 5.84. The van der Waals surface area contributed by atoms with Crippen LogP contribution in [0.3, 0.4) is 0 Å². The number of rotatable bonds is 3. The van der Waals surface area contributed by atoms with Gasteiger partial charge in [-0.05, 0) is 52.9 Å². The van der Waals surface area contributed by atoms with Crippen molar-refractivity contribution in [3.63, 3.8) is 0 Å². The molecule has 0 atom stereocenters. The van der Waals surface area contributed by atoms with Gasteiger partial charge in [-0.3, -0.25) is 0 Å². The third-order valence-corrected chi connectivity index (χ3v) is 3.94. The standard InChI is InChI=1S/C11H9ClINS/c12-8-5-11(15-7-8)6-14-10-3-1-9(13)2-4-10/h1-5,7,14H,6H2. The van der Waals surface area contributed by atoms with E-state index >= 15 is 0 Å². The lowest BCUT2D eigenvalue weighted by Gasteiger charge is -2.04. The van der Waals surface area contributed by atoms with Crippen LogP contribution in [0.15, 0.2) is 35.7 Å². The van der Waals surface area contributed by atoms with Crippen molar-refractivity contribution < 1.29 is 0 Å². The molecule has 0 amide bonds. The Bertz CT molecular complexity index is 438. The molecular formula is C11H9ClINS. The van der Waals surface area contributed by atoms with Crippen molar-refractivity contribution >= 4 is 51.2 Å². The molecule has 2 rings (SSSR count). The van der Waals surface area contributed by atoms with Gasteiger partial charge in [0.05, 0.1) is 5.02 Å². The van der Waals surface area contributed by atoms with Crippen LogP contribution in [0.5, 0.6) is 0 Å². The van der Waals surface area contributed by atoms with Crippen molar-refractivity contribution in [1.82, 2.24) is 0 Å². The van der Waals surface area contributed by atoms with Gasteiger partial charge in [-0.25, -0.2) is 0 Å². The van der Waals surface area contributed by atoms with E-state index in [-0.39, 0.29) is 0 Å². The normalized spacial score (nSPS) is 10.3. The zero-order chi connectivity index (χ0) is 10.7. The quantitative estimate of drug-likeness (QED) is 0.797. The van der Waals surface area contributed by atoms with E-state index in [1.54, 1.807) is 11.3 Å². The molecular weight excluding hydrogens is 341 g/mol. The van der Waals surface area contributed by atoms with E-state index in [4.69, 9.17) is 11.6 Å². The second-order valence-electron chi connectivity index (χ2n) is 3.09. The summed E-state index contributed by atoms with van der Waals surface area (Å²) in [7, 11) is 0. The highest BCUT2D eigenvalue weighted by Crippen LogP contribution is 2.20. The van der Waals surface area contributed by atoms with Crippen LogP contribution in [0.2, 0.25) is 5.02 Å². The summed E-state index contributed by atoms with van der Waals surface area (Å²) < 4.78 is 1.25. The van der Waals surface area contributed by atoms with Crippen molar-refractivity contribution in [1.29, 1.82) is 0 Å². The number of hydrogen-bond acceptors (Lipinski definition) is 2. The molecule has 1 aromatic heterocycles. The first kappa shape index (κ1) is 11.2. The molecule has 0 unspecified atom stereocenters. The Kier molecular flexibility index (Phi) is 3.88. The molecule has 1 aromatic carbocycles. The van der Waals surface area contributed by atoms with Crippen molar-refractivity contribution in [2.45, 2.75) is 6.54 Å². The Morgan fingerprint density at radius 1 is 1.27 bits per heavy atom. The van der Waals surface area contributed by atoms with Gasteiger partial charge in [-0.2, -0.15) is 0 Å². The smallest absolute Gasteiger partial charge is 0.0516 e. The number of benzene rings is 1. The van der Waals surface area contributed by atoms with E-state index in [9.17, 15) is 0 Å². The minimum Gasteiger partial charge on any atom is -0.380 e. The highest BCUT2D eigenvalue weighted by molar-refractivity contribution is 14.1. The molecule has 0 aliphatic rings. The number of hydrogen-bond donors (Lipinski definition) is 1. The summed E-state index contributed by atoms with van der Waals surface area (Å²) in [6.45, 7) is 0.831. The topological polar surface area (TPSA) is 12.0 Å². The van der Waals surface area contributed by atoms with E-state index in [2.05, 4.69) is 52.2 Å². The Hall–Kier alpha value is -0.260. The van der Waals surface area contributed by atoms with Gasteiger partial charge in [0.1, 0.15) is 0 Å². The molecule has 1 nitrogen and oxygen atoms in total. The van der Waals surface area contributed by atoms with Gasteiger partial charge in [0.25, 0.3) is 0 Å². The van der Waals surface area contributed by atoms with Gasteiger partial charge in [0.2, 0.25) is 0 Å². The maximum Gasteiger partial charge on any atom is 0.0516 e. The fourth-order valence-corrected chi connectivity index (χ4v) is 2.58. The number of thiophene rings is 1. The van der Waals surface area contributed by atoms with Gasteiger partial charge in [0.15, 0.2) is 0 Å². The predicted octanol–water partition coefficient (Wildman–Crippen LogP) is 4.62. The lowest BCUT2D eigenvalue weighted by Crippen LogP contribution is -1.96. The average molecular weight is 350 g/mol. The highest BCUT2D eigenvalue weighted by atomic mass is 127. The molecule has 0 saturated heterocycles. The summed E-state index contributed by atoms with van der Waals surface area (Å²) in [5, 5.41) is 6.12. The van der Waals surface area contributed by atoms with E-state index in [1.807, 2.05) is 11.4 Å². The zero-order valence-corrected chi connectivity index (χ0v) is 11.6. The van der Waals surface area contributed by atoms with Crippen LogP contribution in [0.25, 0.3) is 0 Å². The summed E-state index contributed by atoms with van der Waals surface area (Å²) in [4.78, 5) is 1.25. The van der Waals surface area contributed by atoms with E-state index in [0.29, 0.717) is 0 Å². The first-order valence-electron chi connectivity index (χ1n) is 4.46. The van der Waals surface area contributed by atoms with Gasteiger partial charge >= 0.3 is 0 Å². The van der Waals surface area contributed by atoms with Gasteiger partial charge in [-0.15, -0.1) is 11.3 Å². The van der Waals surface area contributed by atoms with Crippen LogP contribution in [0.4, 0.5) is 5.69 Å². The Balaban J connectivity index is 1.96. The minimum absolute atomic E-state index is 0.819. The van der Waals surface area contributed by atoms with Crippen molar-refractivity contribution in [3.8, 4) is 0 Å². The fraction of sp³-hybridized carbons (Fsp3) is 0.0909. The average Bonchev–Trinajstić information content (AvgIpc) is 2.64. The molecule has 78 valence electrons. The first-order valence-corrected chi connectivity index (χ1v) is 6.80. The molecule has 0 bridgehead atoms. The second-order valence-corrected chi connectivity index (χ2v) is 5.77. The van der Waals surface area contributed by atoms with Gasteiger partial charge in [-0.1, -0.05) is 11.6 Å². The summed E-state index contributed by atoms with van der Waals surface area (Å²) in [5.41, 5.74) is 1.14. The fourth-order valence-electron chi connectivity index (χ4n) is 1.20. The second kappa shape index (κ2) is 5.18. The molecule has 0 aliphatic heterocycles. The van der Waals surface area contributed by atoms with E-state index in [0.717, 1.165) is 17.3 Å². The van der Waals surface area contributed by atoms with Crippen molar-refractivity contribution in [3.05, 3.63) is 49.2 Å². The molecule has 0 radical (unpaired) electrons. The lowest BCUT2D eigenvalue weighted by atomic mass is 10.3. The number of halogens is 2. The number of anilines is 1. The van der Waals surface area contributed by atoms with Crippen molar-refractivity contribution in [2.24, 2.45) is 0 Å². The van der Waals surface area contributed by atoms with Crippen molar-refractivity contribution in [2.75, 3.05) is 5.32 Å². The summed E-state index contributed by atoms with van der Waals surface area (Å²) in [5.74, 6) is 0. The zero-order valence-electron chi connectivity index (χ0n) is 7.84. The molecule has 0 saturated carbocycles. The summed E-state index contributed by atoms with van der Waals surface area (Å²) >= 11 is 9.82. The van der Waals surface area contributed by atoms with Gasteiger partial charge in [0, 0.05) is 26.1 Å². The van der Waals surface area contributed by atoms with Crippen LogP contribution in [0.1, 0.15) is 4.88 Å². The largest absolute Gasteiger partial charge is 0.380 e. The van der Waals surface area contributed by atoms with Gasteiger partial charge < -0.3 is 5.32 Å². The molecule has 15 heavy (non-hydrogen) atoms. The van der Waals surface area contributed by atoms with Crippen LogP contribution >= 0.6 is 45.5 Å². The molecule has 0 fully saturated rings. The molecule has 2 aromatic rings. The summed E-state index contributed by atoms with van der Waals surface area (Å²) in [6, 6.07) is 10.3. The lowest BCUT2D eigenvalue weighted by molar-refractivity contribution is 1.19. The van der Waals surface area contributed by atoms with Crippen LogP contribution in [0, 0.1) is 3.57 Å². The molecule has 0 aliphatic carbocycles. The molecule has 1 N–H and O–H groups in total. The van der Waals surface area contributed by atoms with Crippen LogP contribution < -0.4 is 5.32 Å². The summed E-state index contributed by atoms with van der Waals surface area (Å²) in [6.07, 6.45) is 0. The van der Waals surface area contributed by atoms with E-state index in [1.165, 1.54) is 8.45 Å². The molecule has 0 spiro atoms. The van der Waals surface area contributed by atoms with Crippen LogP contribution in [-0.4, -0.2) is 0 Å². The first-order chi connectivity index (χ1) is 7.24. The minimum atomic E-state index is 0.819. The maximum atomic E-state index is 5.84. The highest BCUT2D eigenvalue weighted by Gasteiger charge is 1.97. The monoisotopic (exact) mass is 349 g/mol. The molecule has 1 heterocycles. The Morgan fingerprint density at radius 3 is 2.60 bits per heavy atom. The van der Waals surface area contributed by atoms with E-state index < -0.39 is 0 Å². The van der Waals surface area contributed by atoms with Crippen LogP contribution in [-0.2, 0) is 6.54 Å². The number of nitrogens with one attached hydrogen (secondary N) is 1. The third kappa shape index (κ3) is 3.36. The Morgan fingerprint density at radius 2 is 2.00 bits per heavy atom. The Labute approximate surface area is 112 Å².